The quantitative estimate of drug-likeness (QED) is 0.748. The molecule has 2 aromatic rings. The van der Waals surface area contributed by atoms with Crippen molar-refractivity contribution in [3.63, 3.8) is 0 Å². The maximum atomic E-state index is 12.8. The van der Waals surface area contributed by atoms with Gasteiger partial charge in [-0.05, 0) is 42.2 Å². The first-order valence-corrected chi connectivity index (χ1v) is 11.8. The van der Waals surface area contributed by atoms with Crippen molar-refractivity contribution in [2.45, 2.75) is 38.8 Å². The van der Waals surface area contributed by atoms with Gasteiger partial charge >= 0.3 is 6.03 Å². The van der Waals surface area contributed by atoms with Gasteiger partial charge in [0, 0.05) is 58.2 Å². The summed E-state index contributed by atoms with van der Waals surface area (Å²) in [5.41, 5.74) is 3.42. The zero-order valence-electron chi connectivity index (χ0n) is 19.1. The molecule has 2 aliphatic rings. The topological polar surface area (TPSA) is 60.9 Å². The van der Waals surface area contributed by atoms with E-state index in [9.17, 15) is 4.79 Å². The molecule has 2 aliphatic heterocycles. The van der Waals surface area contributed by atoms with Gasteiger partial charge < -0.3 is 24.8 Å². The van der Waals surface area contributed by atoms with Gasteiger partial charge in [-0.25, -0.2) is 9.78 Å². The highest BCUT2D eigenvalue weighted by Gasteiger charge is 2.17. The van der Waals surface area contributed by atoms with Gasteiger partial charge in [0.2, 0.25) is 0 Å². The molecule has 0 aliphatic carbocycles. The van der Waals surface area contributed by atoms with E-state index in [1.54, 1.807) is 4.90 Å². The van der Waals surface area contributed by atoms with Gasteiger partial charge in [-0.15, -0.1) is 0 Å². The Morgan fingerprint density at radius 3 is 2.56 bits per heavy atom. The number of morpholine rings is 1. The molecule has 32 heavy (non-hydrogen) atoms. The van der Waals surface area contributed by atoms with Crippen LogP contribution in [0.15, 0.2) is 42.6 Å². The van der Waals surface area contributed by atoms with E-state index in [1.807, 2.05) is 25.4 Å². The van der Waals surface area contributed by atoms with Crippen molar-refractivity contribution >= 4 is 17.5 Å². The molecule has 2 fully saturated rings. The Balaban J connectivity index is 1.33. The minimum atomic E-state index is -0.0742. The molecule has 0 unspecified atom stereocenters. The van der Waals surface area contributed by atoms with E-state index in [4.69, 9.17) is 4.74 Å². The summed E-state index contributed by atoms with van der Waals surface area (Å²) in [6, 6.07) is 12.3. The molecule has 0 radical (unpaired) electrons. The maximum absolute atomic E-state index is 12.8. The van der Waals surface area contributed by atoms with Crippen molar-refractivity contribution < 1.29 is 9.53 Å². The van der Waals surface area contributed by atoms with Crippen LogP contribution in [0.4, 0.5) is 16.3 Å². The van der Waals surface area contributed by atoms with Crippen molar-refractivity contribution in [1.29, 1.82) is 0 Å². The van der Waals surface area contributed by atoms with Gasteiger partial charge in [0.15, 0.2) is 0 Å². The predicted octanol–water partition coefficient (Wildman–Crippen LogP) is 3.64. The van der Waals surface area contributed by atoms with Crippen LogP contribution in [0, 0.1) is 0 Å². The van der Waals surface area contributed by atoms with Crippen molar-refractivity contribution in [3.8, 4) is 0 Å². The summed E-state index contributed by atoms with van der Waals surface area (Å²) in [6.07, 6.45) is 6.89. The number of amides is 2. The van der Waals surface area contributed by atoms with E-state index in [0.29, 0.717) is 13.1 Å². The third-order valence-corrected chi connectivity index (χ3v) is 6.28. The second-order valence-corrected chi connectivity index (χ2v) is 8.67. The molecular formula is C25H35N5O2. The van der Waals surface area contributed by atoms with Crippen molar-refractivity contribution in [2.75, 3.05) is 56.2 Å². The van der Waals surface area contributed by atoms with Gasteiger partial charge in [-0.3, -0.25) is 0 Å². The maximum Gasteiger partial charge on any atom is 0.317 e. The molecule has 172 valence electrons. The number of anilines is 2. The van der Waals surface area contributed by atoms with Gasteiger partial charge in [0.05, 0.1) is 13.2 Å². The zero-order valence-corrected chi connectivity index (χ0v) is 19.1. The molecule has 1 aromatic heterocycles. The highest BCUT2D eigenvalue weighted by molar-refractivity contribution is 5.74. The lowest BCUT2D eigenvalue weighted by Crippen LogP contribution is -2.39. The molecule has 7 nitrogen and oxygen atoms in total. The first kappa shape index (κ1) is 22.4. The average Bonchev–Trinajstić information content (AvgIpc) is 3.13. The third kappa shape index (κ3) is 5.91. The summed E-state index contributed by atoms with van der Waals surface area (Å²) in [6.45, 7) is 6.45. The normalized spacial score (nSPS) is 17.0. The predicted molar refractivity (Wildman–Crippen MR) is 128 cm³/mol. The SMILES string of the molecule is CN(Cc1ccccc1N1CCOCC1)C(=O)NCc1ccnc(N2CCCCCC2)c1. The van der Waals surface area contributed by atoms with Crippen LogP contribution >= 0.6 is 0 Å². The number of nitrogens with zero attached hydrogens (tertiary/aromatic N) is 4. The fraction of sp³-hybridized carbons (Fsp3) is 0.520. The molecule has 3 heterocycles. The smallest absolute Gasteiger partial charge is 0.317 e. The Hall–Kier alpha value is -2.80. The number of ether oxygens (including phenoxy) is 1. The molecule has 0 saturated carbocycles. The van der Waals surface area contributed by atoms with Crippen LogP contribution < -0.4 is 15.1 Å². The summed E-state index contributed by atoms with van der Waals surface area (Å²) >= 11 is 0. The zero-order chi connectivity index (χ0) is 22.2. The van der Waals surface area contributed by atoms with Gasteiger partial charge in [0.25, 0.3) is 0 Å². The summed E-state index contributed by atoms with van der Waals surface area (Å²) in [4.78, 5) is 23.8. The summed E-state index contributed by atoms with van der Waals surface area (Å²) < 4.78 is 5.48. The molecule has 4 rings (SSSR count). The monoisotopic (exact) mass is 437 g/mol. The Bertz CT molecular complexity index is 876. The van der Waals surface area contributed by atoms with E-state index >= 15 is 0 Å². The van der Waals surface area contributed by atoms with Gasteiger partial charge in [0.1, 0.15) is 5.82 Å². The van der Waals surface area contributed by atoms with Crippen molar-refractivity contribution in [2.24, 2.45) is 0 Å². The molecule has 7 heteroatoms. The molecule has 1 aromatic carbocycles. The first-order chi connectivity index (χ1) is 15.7. The number of hydrogen-bond donors (Lipinski definition) is 1. The van der Waals surface area contributed by atoms with Crippen LogP contribution in [-0.4, -0.2) is 62.4 Å². The number of nitrogens with one attached hydrogen (secondary N) is 1. The Morgan fingerprint density at radius 1 is 1.03 bits per heavy atom. The Kier molecular flexibility index (Phi) is 7.82. The van der Waals surface area contributed by atoms with Crippen LogP contribution in [0.1, 0.15) is 36.8 Å². The molecule has 0 spiro atoms. The minimum absolute atomic E-state index is 0.0742. The summed E-state index contributed by atoms with van der Waals surface area (Å²) in [5, 5.41) is 3.07. The average molecular weight is 438 g/mol. The highest BCUT2D eigenvalue weighted by atomic mass is 16.5. The van der Waals surface area contributed by atoms with Crippen molar-refractivity contribution in [3.05, 3.63) is 53.7 Å². The number of aromatic nitrogens is 1. The number of benzene rings is 1. The second-order valence-electron chi connectivity index (χ2n) is 8.67. The lowest BCUT2D eigenvalue weighted by atomic mass is 10.1. The number of carbonyl (C=O) groups excluding carboxylic acids is 1. The molecule has 1 N–H and O–H groups in total. The third-order valence-electron chi connectivity index (χ3n) is 6.28. The second kappa shape index (κ2) is 11.2. The van der Waals surface area contributed by atoms with Crippen LogP contribution in [0.5, 0.6) is 0 Å². The standard InChI is InChI=1S/C25H35N5O2/c1-28(20-22-8-4-5-9-23(22)29-14-16-32-17-15-29)25(31)27-19-21-10-11-26-24(18-21)30-12-6-2-3-7-13-30/h4-5,8-11,18H,2-3,6-7,12-17,19-20H2,1H3,(H,27,31). The Morgan fingerprint density at radius 2 is 1.78 bits per heavy atom. The number of rotatable bonds is 6. The lowest BCUT2D eigenvalue weighted by molar-refractivity contribution is 0.122. The number of pyridine rings is 1. The van der Waals surface area contributed by atoms with Crippen LogP contribution in [0.25, 0.3) is 0 Å². The number of urea groups is 1. The fourth-order valence-electron chi connectivity index (χ4n) is 4.44. The summed E-state index contributed by atoms with van der Waals surface area (Å²) in [5.74, 6) is 1.02. The van der Waals surface area contributed by atoms with Gasteiger partial charge in [-0.2, -0.15) is 0 Å². The van der Waals surface area contributed by atoms with E-state index in [2.05, 4.69) is 44.4 Å². The fourth-order valence-corrected chi connectivity index (χ4v) is 4.44. The number of carbonyl (C=O) groups is 1. The lowest BCUT2D eigenvalue weighted by Gasteiger charge is -2.31. The molecular weight excluding hydrogens is 402 g/mol. The van der Waals surface area contributed by atoms with Crippen LogP contribution in [-0.2, 0) is 17.8 Å². The number of hydrogen-bond acceptors (Lipinski definition) is 5. The Labute approximate surface area is 191 Å². The first-order valence-electron chi connectivity index (χ1n) is 11.8. The van der Waals surface area contributed by atoms with E-state index in [1.165, 1.54) is 31.4 Å². The van der Waals surface area contributed by atoms with E-state index in [-0.39, 0.29) is 6.03 Å². The molecule has 2 saturated heterocycles. The highest BCUT2D eigenvalue weighted by Crippen LogP contribution is 2.23. The van der Waals surface area contributed by atoms with Gasteiger partial charge in [-0.1, -0.05) is 31.0 Å². The molecule has 0 bridgehead atoms. The summed E-state index contributed by atoms with van der Waals surface area (Å²) in [7, 11) is 1.85. The van der Waals surface area contributed by atoms with Crippen LogP contribution in [0.3, 0.4) is 0 Å². The van der Waals surface area contributed by atoms with E-state index in [0.717, 1.165) is 56.3 Å². The van der Waals surface area contributed by atoms with Crippen LogP contribution in [0.2, 0.25) is 0 Å². The molecule has 2 amide bonds. The number of para-hydroxylation sites is 1. The molecule has 0 atom stereocenters. The van der Waals surface area contributed by atoms with E-state index < -0.39 is 0 Å². The van der Waals surface area contributed by atoms with Crippen molar-refractivity contribution in [1.82, 2.24) is 15.2 Å². The largest absolute Gasteiger partial charge is 0.378 e. The minimum Gasteiger partial charge on any atom is -0.378 e.